The summed E-state index contributed by atoms with van der Waals surface area (Å²) in [7, 11) is 1.78. The summed E-state index contributed by atoms with van der Waals surface area (Å²) >= 11 is 2.13. The van der Waals surface area contributed by atoms with Crippen LogP contribution >= 0.6 is 22.6 Å². The molecule has 1 atom stereocenters. The summed E-state index contributed by atoms with van der Waals surface area (Å²) in [6.45, 7) is 4.47. The van der Waals surface area contributed by atoms with Crippen molar-refractivity contribution in [2.24, 2.45) is 0 Å². The maximum atomic E-state index is 11.8. The number of hydrogen-bond donors (Lipinski definition) is 1. The number of amides is 1. The van der Waals surface area contributed by atoms with Crippen LogP contribution in [-0.4, -0.2) is 40.4 Å². The van der Waals surface area contributed by atoms with Crippen LogP contribution in [0.1, 0.15) is 13.8 Å². The quantitative estimate of drug-likeness (QED) is 0.845. The second-order valence-corrected chi connectivity index (χ2v) is 4.60. The average Bonchev–Trinajstić information content (AvgIpc) is 2.30. The van der Waals surface area contributed by atoms with Crippen LogP contribution in [0.4, 0.5) is 5.82 Å². The summed E-state index contributed by atoms with van der Waals surface area (Å²) in [5.74, 6) is 0.748. The molecule has 1 rings (SSSR count). The Bertz CT molecular complexity index is 372. The minimum Gasteiger partial charge on any atom is -0.358 e. The molecule has 0 aliphatic heterocycles. The van der Waals surface area contributed by atoms with Crippen LogP contribution < -0.4 is 5.32 Å². The van der Waals surface area contributed by atoms with E-state index in [-0.39, 0.29) is 11.9 Å². The average molecular weight is 334 g/mol. The zero-order chi connectivity index (χ0) is 12.1. The fourth-order valence-corrected chi connectivity index (χ4v) is 1.63. The summed E-state index contributed by atoms with van der Waals surface area (Å²) in [6, 6.07) is -0.284. The number of nitrogens with one attached hydrogen (secondary N) is 1. The van der Waals surface area contributed by atoms with E-state index in [0.29, 0.717) is 12.4 Å². The van der Waals surface area contributed by atoms with Crippen molar-refractivity contribution in [2.45, 2.75) is 19.9 Å². The van der Waals surface area contributed by atoms with Crippen molar-refractivity contribution in [1.29, 1.82) is 0 Å². The van der Waals surface area contributed by atoms with Gasteiger partial charge < -0.3 is 10.2 Å². The van der Waals surface area contributed by atoms with Crippen molar-refractivity contribution in [3.63, 3.8) is 0 Å². The molecule has 0 radical (unpaired) electrons. The molecule has 1 heterocycles. The van der Waals surface area contributed by atoms with Crippen molar-refractivity contribution in [3.05, 3.63) is 16.1 Å². The highest BCUT2D eigenvalue weighted by Crippen LogP contribution is 2.13. The minimum atomic E-state index is -0.284. The molecule has 6 heteroatoms. The van der Waals surface area contributed by atoms with Crippen molar-refractivity contribution in [2.75, 3.05) is 18.9 Å². The van der Waals surface area contributed by atoms with Crippen LogP contribution in [0, 0.1) is 3.57 Å². The Hall–Kier alpha value is -0.920. The molecule has 0 spiro atoms. The topological polar surface area (TPSA) is 58.1 Å². The predicted octanol–water partition coefficient (Wildman–Crippen LogP) is 1.36. The molecule has 0 saturated heterocycles. The standard InChI is InChI=1S/C10H15IN4O/c1-4-15(3)10(16)7(2)14-9-8(11)5-12-6-13-9/h5-7H,4H2,1-3H3,(H,12,13,14). The third-order valence-electron chi connectivity index (χ3n) is 2.24. The number of carbonyl (C=O) groups is 1. The lowest BCUT2D eigenvalue weighted by Crippen LogP contribution is -2.39. The summed E-state index contributed by atoms with van der Waals surface area (Å²) in [5, 5.41) is 3.08. The smallest absolute Gasteiger partial charge is 0.244 e. The SMILES string of the molecule is CCN(C)C(=O)C(C)Nc1ncncc1I. The highest BCUT2D eigenvalue weighted by atomic mass is 127. The van der Waals surface area contributed by atoms with Crippen LogP contribution in [0.25, 0.3) is 0 Å². The molecule has 0 aliphatic rings. The first-order valence-corrected chi connectivity index (χ1v) is 6.11. The molecule has 16 heavy (non-hydrogen) atoms. The van der Waals surface area contributed by atoms with Crippen molar-refractivity contribution >= 4 is 34.3 Å². The lowest BCUT2D eigenvalue weighted by atomic mass is 10.3. The van der Waals surface area contributed by atoms with Gasteiger partial charge in [0, 0.05) is 19.8 Å². The molecule has 1 aromatic rings. The zero-order valence-corrected chi connectivity index (χ0v) is 11.7. The number of halogens is 1. The highest BCUT2D eigenvalue weighted by Gasteiger charge is 2.17. The van der Waals surface area contributed by atoms with E-state index in [9.17, 15) is 4.79 Å². The Balaban J connectivity index is 2.68. The van der Waals surface area contributed by atoms with Crippen molar-refractivity contribution in [1.82, 2.24) is 14.9 Å². The van der Waals surface area contributed by atoms with Gasteiger partial charge in [-0.05, 0) is 36.4 Å². The molecule has 0 bridgehead atoms. The van der Waals surface area contributed by atoms with E-state index in [1.165, 1.54) is 6.33 Å². The van der Waals surface area contributed by atoms with Gasteiger partial charge >= 0.3 is 0 Å². The molecule has 1 aromatic heterocycles. The molecule has 1 N–H and O–H groups in total. The molecule has 1 unspecified atom stereocenters. The molecule has 88 valence electrons. The summed E-state index contributed by atoms with van der Waals surface area (Å²) in [5.41, 5.74) is 0. The van der Waals surface area contributed by atoms with Gasteiger partial charge in [0.1, 0.15) is 18.2 Å². The Kier molecular flexibility index (Phi) is 4.91. The lowest BCUT2D eigenvalue weighted by molar-refractivity contribution is -0.130. The maximum absolute atomic E-state index is 11.8. The normalized spacial score (nSPS) is 12.0. The van der Waals surface area contributed by atoms with Gasteiger partial charge in [0.25, 0.3) is 0 Å². The Morgan fingerprint density at radius 3 is 2.94 bits per heavy atom. The Labute approximate surface area is 109 Å². The van der Waals surface area contributed by atoms with Crippen LogP contribution in [0.3, 0.4) is 0 Å². The maximum Gasteiger partial charge on any atom is 0.244 e. The fourth-order valence-electron chi connectivity index (χ4n) is 1.17. The number of rotatable bonds is 4. The number of anilines is 1. The summed E-state index contributed by atoms with van der Waals surface area (Å²) < 4.78 is 0.902. The van der Waals surface area contributed by atoms with Crippen LogP contribution in [-0.2, 0) is 4.79 Å². The molecular weight excluding hydrogens is 319 g/mol. The van der Waals surface area contributed by atoms with Gasteiger partial charge in [0.15, 0.2) is 0 Å². The first-order valence-electron chi connectivity index (χ1n) is 5.03. The molecule has 0 aromatic carbocycles. The van der Waals surface area contributed by atoms with Gasteiger partial charge in [-0.3, -0.25) is 4.79 Å². The Morgan fingerprint density at radius 2 is 2.38 bits per heavy atom. The number of hydrogen-bond acceptors (Lipinski definition) is 4. The molecule has 1 amide bonds. The van der Waals surface area contributed by atoms with Gasteiger partial charge in [-0.2, -0.15) is 0 Å². The van der Waals surface area contributed by atoms with Crippen LogP contribution in [0.15, 0.2) is 12.5 Å². The van der Waals surface area contributed by atoms with Crippen LogP contribution in [0.5, 0.6) is 0 Å². The van der Waals surface area contributed by atoms with Gasteiger partial charge in [-0.1, -0.05) is 0 Å². The van der Waals surface area contributed by atoms with Gasteiger partial charge in [0.2, 0.25) is 5.91 Å². The second-order valence-electron chi connectivity index (χ2n) is 3.44. The first kappa shape index (κ1) is 13.1. The van der Waals surface area contributed by atoms with E-state index in [1.54, 1.807) is 18.1 Å². The monoisotopic (exact) mass is 334 g/mol. The predicted molar refractivity (Wildman–Crippen MR) is 71.1 cm³/mol. The van der Waals surface area contributed by atoms with E-state index in [4.69, 9.17) is 0 Å². The molecule has 5 nitrogen and oxygen atoms in total. The van der Waals surface area contributed by atoms with E-state index >= 15 is 0 Å². The lowest BCUT2D eigenvalue weighted by Gasteiger charge is -2.21. The molecule has 0 fully saturated rings. The Morgan fingerprint density at radius 1 is 1.69 bits per heavy atom. The minimum absolute atomic E-state index is 0.0527. The van der Waals surface area contributed by atoms with Crippen molar-refractivity contribution < 1.29 is 4.79 Å². The second kappa shape index (κ2) is 5.97. The fraction of sp³-hybridized carbons (Fsp3) is 0.500. The van der Waals surface area contributed by atoms with E-state index in [2.05, 4.69) is 37.9 Å². The third kappa shape index (κ3) is 3.29. The highest BCUT2D eigenvalue weighted by molar-refractivity contribution is 14.1. The number of likely N-dealkylation sites (N-methyl/N-ethyl adjacent to an activating group) is 1. The van der Waals surface area contributed by atoms with Crippen molar-refractivity contribution in [3.8, 4) is 0 Å². The van der Waals surface area contributed by atoms with E-state index in [1.807, 2.05) is 13.8 Å². The summed E-state index contributed by atoms with van der Waals surface area (Å²) in [4.78, 5) is 21.5. The molecule has 0 saturated carbocycles. The zero-order valence-electron chi connectivity index (χ0n) is 9.57. The van der Waals surface area contributed by atoms with Crippen LogP contribution in [0.2, 0.25) is 0 Å². The number of nitrogens with zero attached hydrogens (tertiary/aromatic N) is 3. The third-order valence-corrected chi connectivity index (χ3v) is 3.03. The number of aromatic nitrogens is 2. The largest absolute Gasteiger partial charge is 0.358 e. The molecular formula is C10H15IN4O. The molecule has 0 aliphatic carbocycles. The van der Waals surface area contributed by atoms with Gasteiger partial charge in [-0.15, -0.1) is 0 Å². The number of carbonyl (C=O) groups excluding carboxylic acids is 1. The van der Waals surface area contributed by atoms with E-state index < -0.39 is 0 Å². The first-order chi connectivity index (χ1) is 7.56. The summed E-state index contributed by atoms with van der Waals surface area (Å²) in [6.07, 6.45) is 3.17. The van der Waals surface area contributed by atoms with Gasteiger partial charge in [-0.25, -0.2) is 9.97 Å². The van der Waals surface area contributed by atoms with Gasteiger partial charge in [0.05, 0.1) is 3.57 Å². The van der Waals surface area contributed by atoms with E-state index in [0.717, 1.165) is 3.57 Å².